The summed E-state index contributed by atoms with van der Waals surface area (Å²) in [5.74, 6) is 0.503. The summed E-state index contributed by atoms with van der Waals surface area (Å²) >= 11 is 0. The number of nitrogens with zero attached hydrogens (tertiary/aromatic N) is 1. The molecule has 0 radical (unpaired) electrons. The summed E-state index contributed by atoms with van der Waals surface area (Å²) in [7, 11) is 0. The van der Waals surface area contributed by atoms with Crippen LogP contribution in [-0.4, -0.2) is 42.6 Å². The summed E-state index contributed by atoms with van der Waals surface area (Å²) in [5.41, 5.74) is 2.40. The molecular formula is C22H25NO5. The second-order valence-corrected chi connectivity index (χ2v) is 6.60. The van der Waals surface area contributed by atoms with Gasteiger partial charge in [0.1, 0.15) is 11.5 Å². The molecule has 0 spiro atoms. The molecule has 1 amide bonds. The van der Waals surface area contributed by atoms with Gasteiger partial charge in [-0.15, -0.1) is 0 Å². The van der Waals surface area contributed by atoms with Crippen molar-refractivity contribution in [3.63, 3.8) is 0 Å². The van der Waals surface area contributed by atoms with E-state index in [0.29, 0.717) is 25.4 Å². The molecule has 1 atom stereocenters. The Kier molecular flexibility index (Phi) is 6.53. The average molecular weight is 383 g/mol. The highest BCUT2D eigenvalue weighted by molar-refractivity contribution is 5.84. The van der Waals surface area contributed by atoms with E-state index in [0.717, 1.165) is 17.7 Å². The molecule has 0 bridgehead atoms. The molecule has 0 aliphatic carbocycles. The van der Waals surface area contributed by atoms with Gasteiger partial charge in [-0.2, -0.15) is 0 Å². The molecule has 2 aromatic carbocycles. The van der Waals surface area contributed by atoms with E-state index in [1.807, 2.05) is 25.1 Å². The molecule has 6 heteroatoms. The van der Waals surface area contributed by atoms with E-state index in [1.54, 1.807) is 36.1 Å². The van der Waals surface area contributed by atoms with E-state index in [9.17, 15) is 9.59 Å². The highest BCUT2D eigenvalue weighted by Crippen LogP contribution is 2.20. The van der Waals surface area contributed by atoms with Gasteiger partial charge >= 0.3 is 5.97 Å². The average Bonchev–Trinajstić information content (AvgIpc) is 2.72. The number of hydrogen-bond donors (Lipinski definition) is 0. The van der Waals surface area contributed by atoms with Gasteiger partial charge in [0.05, 0.1) is 6.61 Å². The van der Waals surface area contributed by atoms with Gasteiger partial charge in [-0.3, -0.25) is 4.79 Å². The number of rotatable bonds is 7. The van der Waals surface area contributed by atoms with Crippen molar-refractivity contribution in [2.45, 2.75) is 32.9 Å². The van der Waals surface area contributed by atoms with Crippen LogP contribution in [0.2, 0.25) is 0 Å². The quantitative estimate of drug-likeness (QED) is 0.688. The SMILES string of the molecule is CCOc1ccc(OCC(=O)O[C@@H](C)C(=O)N2CCc3ccccc3C2)cc1. The smallest absolute Gasteiger partial charge is 0.344 e. The molecule has 1 aliphatic rings. The minimum absolute atomic E-state index is 0.191. The molecule has 1 heterocycles. The fourth-order valence-corrected chi connectivity index (χ4v) is 3.16. The number of carbonyl (C=O) groups is 2. The Hall–Kier alpha value is -3.02. The third-order valence-electron chi connectivity index (χ3n) is 4.59. The lowest BCUT2D eigenvalue weighted by atomic mass is 9.99. The van der Waals surface area contributed by atoms with Gasteiger partial charge in [0.25, 0.3) is 5.91 Å². The summed E-state index contributed by atoms with van der Waals surface area (Å²) < 4.78 is 16.0. The highest BCUT2D eigenvalue weighted by atomic mass is 16.6. The van der Waals surface area contributed by atoms with Crippen molar-refractivity contribution in [1.82, 2.24) is 4.90 Å². The van der Waals surface area contributed by atoms with Crippen LogP contribution >= 0.6 is 0 Å². The van der Waals surface area contributed by atoms with Crippen LogP contribution in [0.3, 0.4) is 0 Å². The maximum Gasteiger partial charge on any atom is 0.344 e. The van der Waals surface area contributed by atoms with Gasteiger partial charge in [0, 0.05) is 13.1 Å². The van der Waals surface area contributed by atoms with Crippen molar-refractivity contribution < 1.29 is 23.8 Å². The second kappa shape index (κ2) is 9.26. The Morgan fingerprint density at radius 2 is 1.64 bits per heavy atom. The lowest BCUT2D eigenvalue weighted by molar-refractivity contribution is -0.161. The van der Waals surface area contributed by atoms with Crippen LogP contribution < -0.4 is 9.47 Å². The largest absolute Gasteiger partial charge is 0.494 e. The molecule has 2 aromatic rings. The van der Waals surface area contributed by atoms with Crippen LogP contribution in [0.15, 0.2) is 48.5 Å². The van der Waals surface area contributed by atoms with Crippen molar-refractivity contribution in [2.75, 3.05) is 19.8 Å². The van der Waals surface area contributed by atoms with Gasteiger partial charge < -0.3 is 19.1 Å². The monoisotopic (exact) mass is 383 g/mol. The normalized spacial score (nSPS) is 14.0. The third-order valence-corrected chi connectivity index (χ3v) is 4.59. The lowest BCUT2D eigenvalue weighted by Gasteiger charge is -2.30. The third kappa shape index (κ3) is 5.03. The van der Waals surface area contributed by atoms with Crippen molar-refractivity contribution in [2.24, 2.45) is 0 Å². The first-order valence-electron chi connectivity index (χ1n) is 9.47. The molecule has 0 aromatic heterocycles. The maximum absolute atomic E-state index is 12.6. The van der Waals surface area contributed by atoms with Gasteiger partial charge in [-0.25, -0.2) is 4.79 Å². The Balaban J connectivity index is 1.46. The van der Waals surface area contributed by atoms with Crippen LogP contribution in [0.25, 0.3) is 0 Å². The summed E-state index contributed by atoms with van der Waals surface area (Å²) in [6.45, 7) is 5.00. The first-order valence-corrected chi connectivity index (χ1v) is 9.47. The Bertz CT molecular complexity index is 818. The predicted octanol–water partition coefficient (Wildman–Crippen LogP) is 2.98. The minimum atomic E-state index is -0.846. The van der Waals surface area contributed by atoms with Crippen LogP contribution in [0, 0.1) is 0 Å². The molecule has 1 aliphatic heterocycles. The van der Waals surface area contributed by atoms with E-state index in [4.69, 9.17) is 14.2 Å². The Labute approximate surface area is 165 Å². The van der Waals surface area contributed by atoms with Crippen molar-refractivity contribution in [3.8, 4) is 11.5 Å². The lowest BCUT2D eigenvalue weighted by Crippen LogP contribution is -2.43. The van der Waals surface area contributed by atoms with Crippen molar-refractivity contribution in [1.29, 1.82) is 0 Å². The molecule has 0 saturated carbocycles. The topological polar surface area (TPSA) is 65.1 Å². The summed E-state index contributed by atoms with van der Waals surface area (Å²) in [6, 6.07) is 15.1. The molecule has 3 rings (SSSR count). The van der Waals surface area contributed by atoms with Crippen LogP contribution in [0.5, 0.6) is 11.5 Å². The standard InChI is InChI=1S/C22H25NO5/c1-3-26-19-8-10-20(11-9-19)27-15-21(24)28-16(2)22(25)23-13-12-17-6-4-5-7-18(17)14-23/h4-11,16H,3,12-15H2,1-2H3/t16-/m0/s1. The molecular weight excluding hydrogens is 358 g/mol. The van der Waals surface area contributed by atoms with E-state index in [-0.39, 0.29) is 12.5 Å². The van der Waals surface area contributed by atoms with Gasteiger partial charge in [-0.05, 0) is 55.7 Å². The van der Waals surface area contributed by atoms with E-state index >= 15 is 0 Å². The van der Waals surface area contributed by atoms with Crippen molar-refractivity contribution in [3.05, 3.63) is 59.7 Å². The summed E-state index contributed by atoms with van der Waals surface area (Å²) in [5, 5.41) is 0. The predicted molar refractivity (Wildman–Crippen MR) is 104 cm³/mol. The van der Waals surface area contributed by atoms with Crippen LogP contribution in [-0.2, 0) is 27.3 Å². The van der Waals surface area contributed by atoms with Gasteiger partial charge in [-0.1, -0.05) is 24.3 Å². The molecule has 0 N–H and O–H groups in total. The van der Waals surface area contributed by atoms with E-state index in [2.05, 4.69) is 6.07 Å². The van der Waals surface area contributed by atoms with E-state index in [1.165, 1.54) is 5.56 Å². The molecule has 0 fully saturated rings. The first-order chi connectivity index (χ1) is 13.6. The first kappa shape index (κ1) is 19.7. The number of hydrogen-bond acceptors (Lipinski definition) is 5. The molecule has 0 saturated heterocycles. The number of esters is 1. The minimum Gasteiger partial charge on any atom is -0.494 e. The zero-order chi connectivity index (χ0) is 19.9. The summed E-state index contributed by atoms with van der Waals surface area (Å²) in [4.78, 5) is 26.4. The number of fused-ring (bicyclic) bond motifs is 1. The number of benzene rings is 2. The van der Waals surface area contributed by atoms with Crippen LogP contribution in [0.4, 0.5) is 0 Å². The molecule has 6 nitrogen and oxygen atoms in total. The molecule has 0 unspecified atom stereocenters. The Morgan fingerprint density at radius 1 is 1.00 bits per heavy atom. The Morgan fingerprint density at radius 3 is 2.32 bits per heavy atom. The van der Waals surface area contributed by atoms with Gasteiger partial charge in [0.2, 0.25) is 0 Å². The molecule has 148 valence electrons. The number of carbonyl (C=O) groups excluding carboxylic acids is 2. The second-order valence-electron chi connectivity index (χ2n) is 6.60. The fraction of sp³-hybridized carbons (Fsp3) is 0.364. The number of amides is 1. The van der Waals surface area contributed by atoms with Gasteiger partial charge in [0.15, 0.2) is 12.7 Å². The number of ether oxygens (including phenoxy) is 3. The zero-order valence-electron chi connectivity index (χ0n) is 16.2. The highest BCUT2D eigenvalue weighted by Gasteiger charge is 2.26. The van der Waals surface area contributed by atoms with E-state index < -0.39 is 12.1 Å². The summed E-state index contributed by atoms with van der Waals surface area (Å²) in [6.07, 6.45) is -0.0367. The van der Waals surface area contributed by atoms with Crippen LogP contribution in [0.1, 0.15) is 25.0 Å². The molecule has 28 heavy (non-hydrogen) atoms. The fourth-order valence-electron chi connectivity index (χ4n) is 3.16. The zero-order valence-corrected chi connectivity index (χ0v) is 16.2. The van der Waals surface area contributed by atoms with Crippen molar-refractivity contribution >= 4 is 11.9 Å². The maximum atomic E-state index is 12.6.